The third kappa shape index (κ3) is 1.72. The molecule has 3 nitrogen and oxygen atoms in total. The highest BCUT2D eigenvalue weighted by Crippen LogP contribution is 2.28. The van der Waals surface area contributed by atoms with Crippen LogP contribution >= 0.6 is 39.1 Å². The highest BCUT2D eigenvalue weighted by molar-refractivity contribution is 9.11. The first-order valence-electron chi connectivity index (χ1n) is 2.55. The number of ether oxygens (including phenoxy) is 1. The molecule has 0 saturated heterocycles. The van der Waals surface area contributed by atoms with Gasteiger partial charge < -0.3 is 4.74 Å². The summed E-state index contributed by atoms with van der Waals surface area (Å²) in [6.07, 6.45) is 0. The lowest BCUT2D eigenvalue weighted by atomic mass is 10.4. The molecule has 1 rings (SSSR count). The molecule has 1 aromatic heterocycles. The molecule has 0 aliphatic carbocycles. The summed E-state index contributed by atoms with van der Waals surface area (Å²) in [5, 5.41) is 0.175. The molecular formula is C5H3BrClNO2S. The number of aromatic nitrogens is 1. The number of halogens is 2. The summed E-state index contributed by atoms with van der Waals surface area (Å²) in [6, 6.07) is 0. The second-order valence-electron chi connectivity index (χ2n) is 1.61. The van der Waals surface area contributed by atoms with Crippen LogP contribution in [0.1, 0.15) is 10.4 Å². The van der Waals surface area contributed by atoms with Crippen LogP contribution in [0.25, 0.3) is 0 Å². The molecule has 0 aromatic carbocycles. The molecule has 6 heteroatoms. The Bertz CT molecular complexity index is 269. The summed E-state index contributed by atoms with van der Waals surface area (Å²) in [6.45, 7) is 0. The van der Waals surface area contributed by atoms with Crippen molar-refractivity contribution >= 4 is 45.0 Å². The molecule has 1 aromatic rings. The fourth-order valence-electron chi connectivity index (χ4n) is 0.519. The van der Waals surface area contributed by atoms with Gasteiger partial charge in [0.25, 0.3) is 0 Å². The molecule has 0 spiro atoms. The molecule has 0 aliphatic rings. The molecular weight excluding hydrogens is 253 g/mol. The summed E-state index contributed by atoms with van der Waals surface area (Å²) in [5.41, 5.74) is 0.291. The van der Waals surface area contributed by atoms with Crippen LogP contribution in [0.4, 0.5) is 0 Å². The maximum atomic E-state index is 10.9. The Morgan fingerprint density at radius 3 is 2.82 bits per heavy atom. The van der Waals surface area contributed by atoms with Gasteiger partial charge in [-0.2, -0.15) is 4.37 Å². The zero-order valence-corrected chi connectivity index (χ0v) is 8.59. The number of carbonyl (C=O) groups excluding carboxylic acids is 1. The van der Waals surface area contributed by atoms with Gasteiger partial charge in [0.05, 0.1) is 7.11 Å². The van der Waals surface area contributed by atoms with E-state index >= 15 is 0 Å². The Hall–Kier alpha value is -0.130. The molecule has 0 saturated carbocycles. The SMILES string of the molecule is COC(=O)c1c(Cl)nsc1Br. The van der Waals surface area contributed by atoms with Crippen LogP contribution in [0.3, 0.4) is 0 Å². The fraction of sp³-hybridized carbons (Fsp3) is 0.200. The normalized spacial score (nSPS) is 9.73. The van der Waals surface area contributed by atoms with Gasteiger partial charge in [0, 0.05) is 0 Å². The van der Waals surface area contributed by atoms with E-state index < -0.39 is 5.97 Å². The van der Waals surface area contributed by atoms with Gasteiger partial charge in [-0.15, -0.1) is 0 Å². The van der Waals surface area contributed by atoms with Crippen LogP contribution in [0, 0.1) is 0 Å². The predicted molar refractivity (Wildman–Crippen MR) is 46.2 cm³/mol. The summed E-state index contributed by atoms with van der Waals surface area (Å²) in [4.78, 5) is 10.9. The largest absolute Gasteiger partial charge is 0.465 e. The fourth-order valence-corrected chi connectivity index (χ4v) is 2.05. The Balaban J connectivity index is 3.10. The van der Waals surface area contributed by atoms with E-state index in [0.717, 1.165) is 11.5 Å². The molecule has 0 atom stereocenters. The first-order chi connectivity index (χ1) is 5.16. The second-order valence-corrected chi connectivity index (χ2v) is 4.06. The van der Waals surface area contributed by atoms with Crippen LogP contribution in [0.2, 0.25) is 5.15 Å². The van der Waals surface area contributed by atoms with Gasteiger partial charge in [0.15, 0.2) is 5.15 Å². The van der Waals surface area contributed by atoms with Crippen molar-refractivity contribution < 1.29 is 9.53 Å². The third-order valence-corrected chi connectivity index (χ3v) is 2.84. The van der Waals surface area contributed by atoms with Gasteiger partial charge in [0.1, 0.15) is 9.35 Å². The monoisotopic (exact) mass is 255 g/mol. The van der Waals surface area contributed by atoms with Gasteiger partial charge in [-0.25, -0.2) is 4.79 Å². The summed E-state index contributed by atoms with van der Waals surface area (Å²) in [7, 11) is 1.29. The molecule has 0 aliphatic heterocycles. The average Bonchev–Trinajstić information content (AvgIpc) is 2.30. The van der Waals surface area contributed by atoms with Crippen LogP contribution < -0.4 is 0 Å². The Morgan fingerprint density at radius 1 is 1.82 bits per heavy atom. The minimum atomic E-state index is -0.476. The van der Waals surface area contributed by atoms with Crippen molar-refractivity contribution in [2.24, 2.45) is 0 Å². The van der Waals surface area contributed by atoms with Crippen molar-refractivity contribution in [2.45, 2.75) is 0 Å². The quantitative estimate of drug-likeness (QED) is 0.724. The van der Waals surface area contributed by atoms with E-state index in [2.05, 4.69) is 25.0 Å². The van der Waals surface area contributed by atoms with Gasteiger partial charge in [-0.3, -0.25) is 0 Å². The second kappa shape index (κ2) is 3.51. The predicted octanol–water partition coefficient (Wildman–Crippen LogP) is 2.35. The molecule has 1 heterocycles. The maximum absolute atomic E-state index is 10.9. The minimum absolute atomic E-state index is 0.175. The van der Waals surface area contributed by atoms with E-state index in [0.29, 0.717) is 9.35 Å². The lowest BCUT2D eigenvalue weighted by molar-refractivity contribution is 0.0600. The number of rotatable bonds is 1. The van der Waals surface area contributed by atoms with Crippen LogP contribution in [0.15, 0.2) is 3.79 Å². The number of nitrogens with zero attached hydrogens (tertiary/aromatic N) is 1. The minimum Gasteiger partial charge on any atom is -0.465 e. The Kier molecular flexibility index (Phi) is 2.86. The molecule has 60 valence electrons. The molecule has 11 heavy (non-hydrogen) atoms. The third-order valence-electron chi connectivity index (χ3n) is 0.998. The maximum Gasteiger partial charge on any atom is 0.343 e. The zero-order chi connectivity index (χ0) is 8.43. The van der Waals surface area contributed by atoms with Crippen LogP contribution in [-0.2, 0) is 4.74 Å². The molecule has 0 radical (unpaired) electrons. The molecule has 0 unspecified atom stereocenters. The van der Waals surface area contributed by atoms with E-state index in [1.807, 2.05) is 0 Å². The number of hydrogen-bond donors (Lipinski definition) is 0. The topological polar surface area (TPSA) is 39.2 Å². The van der Waals surface area contributed by atoms with Crippen molar-refractivity contribution in [3.8, 4) is 0 Å². The summed E-state index contributed by atoms with van der Waals surface area (Å²) >= 11 is 9.83. The van der Waals surface area contributed by atoms with Gasteiger partial charge in [0.2, 0.25) is 0 Å². The van der Waals surface area contributed by atoms with E-state index in [-0.39, 0.29) is 5.15 Å². The van der Waals surface area contributed by atoms with Gasteiger partial charge in [-0.1, -0.05) is 11.6 Å². The van der Waals surface area contributed by atoms with E-state index in [1.54, 1.807) is 0 Å². The number of hydrogen-bond acceptors (Lipinski definition) is 4. The summed E-state index contributed by atoms with van der Waals surface area (Å²) in [5.74, 6) is -0.476. The first-order valence-corrected chi connectivity index (χ1v) is 4.50. The average molecular weight is 257 g/mol. The lowest BCUT2D eigenvalue weighted by Crippen LogP contribution is -2.00. The number of methoxy groups -OCH3 is 1. The van der Waals surface area contributed by atoms with Crippen molar-refractivity contribution in [3.05, 3.63) is 14.5 Å². The van der Waals surface area contributed by atoms with E-state index in [4.69, 9.17) is 11.6 Å². The number of carbonyl (C=O) groups is 1. The van der Waals surface area contributed by atoms with Crippen LogP contribution in [0.5, 0.6) is 0 Å². The van der Waals surface area contributed by atoms with Gasteiger partial charge >= 0.3 is 5.97 Å². The zero-order valence-electron chi connectivity index (χ0n) is 5.43. The highest BCUT2D eigenvalue weighted by atomic mass is 79.9. The highest BCUT2D eigenvalue weighted by Gasteiger charge is 2.18. The number of esters is 1. The van der Waals surface area contributed by atoms with Gasteiger partial charge in [-0.05, 0) is 27.5 Å². The smallest absolute Gasteiger partial charge is 0.343 e. The molecule has 0 N–H and O–H groups in total. The molecule has 0 amide bonds. The molecule has 0 fully saturated rings. The Morgan fingerprint density at radius 2 is 2.45 bits per heavy atom. The lowest BCUT2D eigenvalue weighted by Gasteiger charge is -1.94. The summed E-state index contributed by atoms with van der Waals surface area (Å²) < 4.78 is 8.81. The molecule has 0 bridgehead atoms. The van der Waals surface area contributed by atoms with E-state index in [1.165, 1.54) is 7.11 Å². The first kappa shape index (κ1) is 8.96. The van der Waals surface area contributed by atoms with Crippen LogP contribution in [-0.4, -0.2) is 17.5 Å². The standard InChI is InChI=1S/C5H3BrClNO2S/c1-10-5(9)2-3(6)11-8-4(2)7/h1H3. The van der Waals surface area contributed by atoms with Crippen molar-refractivity contribution in [1.82, 2.24) is 4.37 Å². The van der Waals surface area contributed by atoms with Crippen molar-refractivity contribution in [1.29, 1.82) is 0 Å². The Labute approximate surface area is 80.6 Å². The van der Waals surface area contributed by atoms with E-state index in [9.17, 15) is 4.79 Å². The van der Waals surface area contributed by atoms with Crippen molar-refractivity contribution in [2.75, 3.05) is 7.11 Å². The van der Waals surface area contributed by atoms with Crippen molar-refractivity contribution in [3.63, 3.8) is 0 Å².